The molecule has 0 aromatic carbocycles. The molecule has 1 atom stereocenters. The van der Waals surface area contributed by atoms with Gasteiger partial charge in [-0.25, -0.2) is 9.59 Å². The number of fused-ring (bicyclic) bond motifs is 1. The van der Waals surface area contributed by atoms with E-state index in [-0.39, 0.29) is 12.3 Å². The van der Waals surface area contributed by atoms with Crippen LogP contribution in [0.1, 0.15) is 75.7 Å². The first-order valence-corrected chi connectivity index (χ1v) is 12.6. The molecule has 1 amide bonds. The van der Waals surface area contributed by atoms with E-state index in [0.717, 1.165) is 26.1 Å². The van der Waals surface area contributed by atoms with Crippen LogP contribution >= 0.6 is 11.3 Å². The van der Waals surface area contributed by atoms with Gasteiger partial charge in [-0.2, -0.15) is 0 Å². The SMILES string of the molecule is CC(C)(C)N1C(=O)C2(CCN(CCC3CCCc4sccc43)CC2)CC12OC(=O)C(=O)O2. The highest BCUT2D eigenvalue weighted by Crippen LogP contribution is 2.54. The molecule has 2 spiro atoms. The van der Waals surface area contributed by atoms with E-state index in [1.165, 1.54) is 24.2 Å². The number of carbonyl (C=O) groups excluding carboxylic acids is 3. The Morgan fingerprint density at radius 2 is 1.81 bits per heavy atom. The van der Waals surface area contributed by atoms with Gasteiger partial charge in [0.15, 0.2) is 0 Å². The van der Waals surface area contributed by atoms with E-state index in [1.54, 1.807) is 10.4 Å². The second kappa shape index (κ2) is 7.55. The average Bonchev–Trinajstić information content (AvgIpc) is 3.37. The smallest absolute Gasteiger partial charge is 0.395 e. The maximum atomic E-state index is 13.6. The van der Waals surface area contributed by atoms with Gasteiger partial charge in [-0.3, -0.25) is 9.69 Å². The van der Waals surface area contributed by atoms with Crippen molar-refractivity contribution in [1.82, 2.24) is 9.80 Å². The fourth-order valence-corrected chi connectivity index (χ4v) is 7.17. The minimum absolute atomic E-state index is 0.0673. The van der Waals surface area contributed by atoms with Crippen LogP contribution < -0.4 is 0 Å². The van der Waals surface area contributed by atoms with Gasteiger partial charge in [-0.15, -0.1) is 11.3 Å². The summed E-state index contributed by atoms with van der Waals surface area (Å²) in [4.78, 5) is 43.0. The van der Waals surface area contributed by atoms with E-state index < -0.39 is 28.8 Å². The predicted molar refractivity (Wildman–Crippen MR) is 119 cm³/mol. The molecule has 0 saturated carbocycles. The molecule has 0 bridgehead atoms. The lowest BCUT2D eigenvalue weighted by molar-refractivity contribution is -0.250. The number of ether oxygens (including phenoxy) is 2. The second-order valence-corrected chi connectivity index (χ2v) is 11.8. The average molecular weight is 461 g/mol. The van der Waals surface area contributed by atoms with E-state index in [2.05, 4.69) is 16.3 Å². The lowest BCUT2D eigenvalue weighted by Gasteiger charge is -2.40. The van der Waals surface area contributed by atoms with Crippen LogP contribution in [-0.4, -0.2) is 58.7 Å². The molecule has 8 heteroatoms. The Labute approximate surface area is 193 Å². The first-order chi connectivity index (χ1) is 15.1. The van der Waals surface area contributed by atoms with Gasteiger partial charge in [0.2, 0.25) is 5.91 Å². The van der Waals surface area contributed by atoms with Crippen LogP contribution in [0, 0.1) is 5.41 Å². The van der Waals surface area contributed by atoms with Crippen molar-refractivity contribution in [2.45, 2.75) is 83.1 Å². The van der Waals surface area contributed by atoms with E-state index in [4.69, 9.17) is 9.47 Å². The number of nitrogens with zero attached hydrogens (tertiary/aromatic N) is 2. The number of thiophene rings is 1. The Hall–Kier alpha value is -1.93. The van der Waals surface area contributed by atoms with E-state index in [1.807, 2.05) is 32.1 Å². The molecule has 1 aromatic heterocycles. The minimum Gasteiger partial charge on any atom is -0.395 e. The van der Waals surface area contributed by atoms with Gasteiger partial charge < -0.3 is 14.4 Å². The molecule has 1 aromatic rings. The maximum absolute atomic E-state index is 13.6. The summed E-state index contributed by atoms with van der Waals surface area (Å²) in [5.74, 6) is -3.04. The summed E-state index contributed by atoms with van der Waals surface area (Å²) >= 11 is 1.89. The number of aryl methyl sites for hydroxylation is 1. The number of likely N-dealkylation sites (tertiary alicyclic amines) is 2. The summed E-state index contributed by atoms with van der Waals surface area (Å²) in [5, 5.41) is 2.22. The fraction of sp³-hybridized carbons (Fsp3) is 0.708. The normalized spacial score (nSPS) is 27.2. The highest BCUT2D eigenvalue weighted by Gasteiger charge is 2.69. The molecule has 3 saturated heterocycles. The Morgan fingerprint density at radius 3 is 2.47 bits per heavy atom. The summed E-state index contributed by atoms with van der Waals surface area (Å²) < 4.78 is 10.8. The molecule has 5 rings (SSSR count). The first-order valence-electron chi connectivity index (χ1n) is 11.7. The third kappa shape index (κ3) is 3.46. The Morgan fingerprint density at radius 1 is 1.12 bits per heavy atom. The van der Waals surface area contributed by atoms with Crippen molar-refractivity contribution in [2.24, 2.45) is 5.41 Å². The number of hydrogen-bond acceptors (Lipinski definition) is 7. The van der Waals surface area contributed by atoms with Crippen LogP contribution in [0.5, 0.6) is 0 Å². The van der Waals surface area contributed by atoms with Gasteiger partial charge in [-0.05, 0) is 102 Å². The number of piperidine rings is 1. The molecule has 32 heavy (non-hydrogen) atoms. The lowest BCUT2D eigenvalue weighted by Crippen LogP contribution is -2.56. The predicted octanol–water partition coefficient (Wildman–Crippen LogP) is 3.42. The van der Waals surface area contributed by atoms with Crippen molar-refractivity contribution in [1.29, 1.82) is 0 Å². The lowest BCUT2D eigenvalue weighted by atomic mass is 9.76. The molecule has 3 fully saturated rings. The van der Waals surface area contributed by atoms with Crippen molar-refractivity contribution < 1.29 is 23.9 Å². The standard InChI is InChI=1S/C24H32N2O5S/c1-22(2,3)26-21(29)23(15-24(26)30-19(27)20(28)31-24)9-12-25(13-10-23)11-7-16-5-4-6-18-17(16)8-14-32-18/h8,14,16H,4-7,9-13,15H2,1-3H3. The number of hydrogen-bond donors (Lipinski definition) is 0. The van der Waals surface area contributed by atoms with Gasteiger partial charge in [0.05, 0.1) is 11.8 Å². The zero-order valence-corrected chi connectivity index (χ0v) is 20.0. The Balaban J connectivity index is 1.26. The fourth-order valence-electron chi connectivity index (χ4n) is 6.16. The van der Waals surface area contributed by atoms with Crippen LogP contribution in [0.2, 0.25) is 0 Å². The number of esters is 2. The Kier molecular flexibility index (Phi) is 5.17. The van der Waals surface area contributed by atoms with Gasteiger partial charge in [0, 0.05) is 10.4 Å². The molecular formula is C24H32N2O5S. The molecule has 0 radical (unpaired) electrons. The number of amides is 1. The summed E-state index contributed by atoms with van der Waals surface area (Å²) in [6.45, 7) is 8.31. The molecule has 1 unspecified atom stereocenters. The van der Waals surface area contributed by atoms with Crippen molar-refractivity contribution in [3.05, 3.63) is 21.9 Å². The van der Waals surface area contributed by atoms with Crippen molar-refractivity contribution in [3.8, 4) is 0 Å². The van der Waals surface area contributed by atoms with Crippen molar-refractivity contribution >= 4 is 29.2 Å². The van der Waals surface area contributed by atoms with Crippen LogP contribution in [0.4, 0.5) is 0 Å². The topological polar surface area (TPSA) is 76.2 Å². The molecular weight excluding hydrogens is 428 g/mol. The van der Waals surface area contributed by atoms with Crippen LogP contribution in [-0.2, 0) is 30.3 Å². The third-order valence-corrected chi connectivity index (χ3v) is 8.68. The van der Waals surface area contributed by atoms with Crippen molar-refractivity contribution in [2.75, 3.05) is 19.6 Å². The number of carbonyl (C=O) groups is 3. The quantitative estimate of drug-likeness (QED) is 0.508. The summed E-state index contributed by atoms with van der Waals surface area (Å²) in [6.07, 6.45) is 6.50. The summed E-state index contributed by atoms with van der Waals surface area (Å²) in [6, 6.07) is 2.30. The minimum atomic E-state index is -1.59. The summed E-state index contributed by atoms with van der Waals surface area (Å²) in [5.41, 5.74) is 0.260. The monoisotopic (exact) mass is 460 g/mol. The van der Waals surface area contributed by atoms with E-state index in [0.29, 0.717) is 18.8 Å². The van der Waals surface area contributed by atoms with Gasteiger partial charge in [0.1, 0.15) is 0 Å². The maximum Gasteiger partial charge on any atom is 0.422 e. The first kappa shape index (κ1) is 21.9. The molecule has 1 aliphatic carbocycles. The highest BCUT2D eigenvalue weighted by atomic mass is 32.1. The van der Waals surface area contributed by atoms with Crippen LogP contribution in [0.25, 0.3) is 0 Å². The Bertz CT molecular complexity index is 924. The van der Waals surface area contributed by atoms with Gasteiger partial charge >= 0.3 is 17.8 Å². The van der Waals surface area contributed by atoms with E-state index in [9.17, 15) is 14.4 Å². The zero-order valence-electron chi connectivity index (χ0n) is 19.1. The third-order valence-electron chi connectivity index (χ3n) is 7.68. The molecule has 0 N–H and O–H groups in total. The molecule has 4 aliphatic rings. The molecule has 174 valence electrons. The molecule has 3 aliphatic heterocycles. The van der Waals surface area contributed by atoms with Gasteiger partial charge in [-0.1, -0.05) is 0 Å². The van der Waals surface area contributed by atoms with Crippen LogP contribution in [0.3, 0.4) is 0 Å². The van der Waals surface area contributed by atoms with E-state index >= 15 is 0 Å². The molecule has 7 nitrogen and oxygen atoms in total. The second-order valence-electron chi connectivity index (χ2n) is 10.8. The van der Waals surface area contributed by atoms with Crippen LogP contribution in [0.15, 0.2) is 11.4 Å². The zero-order chi connectivity index (χ0) is 22.7. The van der Waals surface area contributed by atoms with Crippen molar-refractivity contribution in [3.63, 3.8) is 0 Å². The summed E-state index contributed by atoms with van der Waals surface area (Å²) in [7, 11) is 0. The van der Waals surface area contributed by atoms with Gasteiger partial charge in [0.25, 0.3) is 0 Å². The largest absolute Gasteiger partial charge is 0.422 e. The number of rotatable bonds is 3. The molecule has 4 heterocycles. The highest BCUT2D eigenvalue weighted by molar-refractivity contribution is 7.10.